The fourth-order valence-corrected chi connectivity index (χ4v) is 6.22. The van der Waals surface area contributed by atoms with Crippen molar-refractivity contribution in [3.05, 3.63) is 48.5 Å². The standard InChI is InChI=1S/C19H18O4S2/c1-3-22-18(20)17(19(21)23-4-2)25-15-11-7-5-9-13(15)24-14-10-6-8-12-16(14)25/h5-12H,3-4H2,1-2H3. The first kappa shape index (κ1) is 17.8. The van der Waals surface area contributed by atoms with Crippen LogP contribution >= 0.6 is 22.2 Å². The van der Waals surface area contributed by atoms with Gasteiger partial charge in [-0.1, -0.05) is 46.5 Å². The first-order chi connectivity index (χ1) is 12.2. The number of carbonyl (C=O) groups excluding carboxylic acids is 2. The van der Waals surface area contributed by atoms with Gasteiger partial charge < -0.3 is 9.47 Å². The highest BCUT2D eigenvalue weighted by atomic mass is 32.2. The summed E-state index contributed by atoms with van der Waals surface area (Å²) in [5, 5.41) is 0. The maximum absolute atomic E-state index is 12.6. The van der Waals surface area contributed by atoms with E-state index in [1.165, 1.54) is 0 Å². The fraction of sp³-hybridized carbons (Fsp3) is 0.211. The maximum Gasteiger partial charge on any atom is 0.352 e. The van der Waals surface area contributed by atoms with Gasteiger partial charge >= 0.3 is 11.9 Å². The first-order valence-corrected chi connectivity index (χ1v) is 10.0. The van der Waals surface area contributed by atoms with Crippen LogP contribution in [0, 0.1) is 0 Å². The normalized spacial score (nSPS) is 12.7. The van der Waals surface area contributed by atoms with Crippen molar-refractivity contribution in [1.82, 2.24) is 0 Å². The Morgan fingerprint density at radius 1 is 0.840 bits per heavy atom. The van der Waals surface area contributed by atoms with E-state index >= 15 is 0 Å². The van der Waals surface area contributed by atoms with Crippen molar-refractivity contribution in [1.29, 1.82) is 0 Å². The molecule has 0 unspecified atom stereocenters. The van der Waals surface area contributed by atoms with Crippen LogP contribution in [0.15, 0.2) is 68.1 Å². The van der Waals surface area contributed by atoms with Crippen molar-refractivity contribution in [2.24, 2.45) is 0 Å². The largest absolute Gasteiger partial charge is 0.462 e. The highest BCUT2D eigenvalue weighted by Crippen LogP contribution is 2.53. The van der Waals surface area contributed by atoms with Gasteiger partial charge in [0.1, 0.15) is 0 Å². The molecule has 0 N–H and O–H groups in total. The third-order valence-corrected chi connectivity index (χ3v) is 7.23. The number of hydrogen-bond donors (Lipinski definition) is 0. The molecule has 0 radical (unpaired) electrons. The van der Waals surface area contributed by atoms with Crippen molar-refractivity contribution >= 4 is 39.0 Å². The predicted octanol–water partition coefficient (Wildman–Crippen LogP) is 4.14. The van der Waals surface area contributed by atoms with Crippen LogP contribution in [-0.4, -0.2) is 30.0 Å². The van der Waals surface area contributed by atoms with Gasteiger partial charge in [-0.2, -0.15) is 0 Å². The molecule has 2 aromatic carbocycles. The zero-order valence-corrected chi connectivity index (χ0v) is 15.6. The van der Waals surface area contributed by atoms with E-state index in [1.807, 2.05) is 48.5 Å². The van der Waals surface area contributed by atoms with E-state index in [0.717, 1.165) is 19.6 Å². The van der Waals surface area contributed by atoms with Crippen molar-refractivity contribution in [2.45, 2.75) is 33.4 Å². The lowest BCUT2D eigenvalue weighted by Crippen LogP contribution is -2.29. The highest BCUT2D eigenvalue weighted by Gasteiger charge is 2.31. The summed E-state index contributed by atoms with van der Waals surface area (Å²) in [4.78, 5) is 29.3. The molecule has 1 heterocycles. The predicted molar refractivity (Wildman–Crippen MR) is 99.4 cm³/mol. The molecule has 1 aliphatic heterocycles. The Balaban J connectivity index is 2.31. The van der Waals surface area contributed by atoms with Crippen LogP contribution in [0.1, 0.15) is 13.8 Å². The van der Waals surface area contributed by atoms with E-state index in [1.54, 1.807) is 25.6 Å². The van der Waals surface area contributed by atoms with Gasteiger partial charge in [-0.05, 0) is 38.1 Å². The van der Waals surface area contributed by atoms with E-state index in [9.17, 15) is 9.59 Å². The SMILES string of the molecule is CCOC(=O)C(C(=O)OCC)=S1c2ccccc2Sc2ccccc21. The van der Waals surface area contributed by atoms with Gasteiger partial charge in [0.15, 0.2) is 4.86 Å². The number of esters is 2. The Hall–Kier alpha value is -2.05. The fourth-order valence-electron chi connectivity index (χ4n) is 2.51. The molecule has 0 fully saturated rings. The molecule has 6 heteroatoms. The van der Waals surface area contributed by atoms with Crippen LogP contribution in [0.4, 0.5) is 0 Å². The van der Waals surface area contributed by atoms with E-state index < -0.39 is 22.4 Å². The maximum atomic E-state index is 12.6. The first-order valence-electron chi connectivity index (χ1n) is 7.98. The number of hydrogen-bond acceptors (Lipinski definition) is 5. The molecule has 0 amide bonds. The van der Waals surface area contributed by atoms with Crippen molar-refractivity contribution in [3.63, 3.8) is 0 Å². The lowest BCUT2D eigenvalue weighted by molar-refractivity contribution is -0.140. The molecule has 4 nitrogen and oxygen atoms in total. The summed E-state index contributed by atoms with van der Waals surface area (Å²) in [6.45, 7) is 3.86. The second-order valence-electron chi connectivity index (χ2n) is 5.07. The van der Waals surface area contributed by atoms with Crippen molar-refractivity contribution in [2.75, 3.05) is 13.2 Å². The molecule has 0 spiro atoms. The Bertz CT molecular complexity index is 791. The molecule has 0 aromatic heterocycles. The number of carbonyl (C=O) groups is 2. The van der Waals surface area contributed by atoms with Gasteiger partial charge in [-0.15, -0.1) is 0 Å². The summed E-state index contributed by atoms with van der Waals surface area (Å²) in [7, 11) is -0.849. The molecule has 0 saturated carbocycles. The highest BCUT2D eigenvalue weighted by molar-refractivity contribution is 8.19. The van der Waals surface area contributed by atoms with E-state index in [0.29, 0.717) is 0 Å². The Morgan fingerprint density at radius 3 is 1.72 bits per heavy atom. The second kappa shape index (κ2) is 7.89. The van der Waals surface area contributed by atoms with Crippen LogP contribution in [0.2, 0.25) is 0 Å². The molecule has 0 atom stereocenters. The molecule has 2 aromatic rings. The van der Waals surface area contributed by atoms with E-state index in [4.69, 9.17) is 9.47 Å². The topological polar surface area (TPSA) is 52.6 Å². The van der Waals surface area contributed by atoms with Crippen LogP contribution in [0.5, 0.6) is 0 Å². The zero-order chi connectivity index (χ0) is 17.8. The van der Waals surface area contributed by atoms with Gasteiger partial charge in [0, 0.05) is 19.6 Å². The molecule has 3 rings (SSSR count). The molecule has 0 bridgehead atoms. The summed E-state index contributed by atoms with van der Waals surface area (Å²) < 4.78 is 10.4. The number of rotatable bonds is 4. The van der Waals surface area contributed by atoms with Crippen molar-refractivity contribution < 1.29 is 19.1 Å². The minimum atomic E-state index is -0.849. The average Bonchev–Trinajstić information content (AvgIpc) is 2.62. The summed E-state index contributed by atoms with van der Waals surface area (Å²) in [6, 6.07) is 15.7. The van der Waals surface area contributed by atoms with Crippen LogP contribution in [-0.2, 0) is 19.1 Å². The number of benzene rings is 2. The molecular weight excluding hydrogens is 356 g/mol. The number of ether oxygens (including phenoxy) is 2. The molecular formula is C19H18O4S2. The van der Waals surface area contributed by atoms with Gasteiger partial charge in [-0.3, -0.25) is 0 Å². The molecule has 1 aliphatic rings. The minimum absolute atomic E-state index is 0.0592. The zero-order valence-electron chi connectivity index (χ0n) is 14.0. The third-order valence-electron chi connectivity index (χ3n) is 3.48. The molecule has 25 heavy (non-hydrogen) atoms. The molecule has 0 saturated heterocycles. The number of fused-ring (bicyclic) bond motifs is 2. The Labute approximate surface area is 153 Å². The Kier molecular flexibility index (Phi) is 5.60. The van der Waals surface area contributed by atoms with Gasteiger partial charge in [0.2, 0.25) is 0 Å². The van der Waals surface area contributed by atoms with Gasteiger partial charge in [0.25, 0.3) is 0 Å². The van der Waals surface area contributed by atoms with E-state index in [2.05, 4.69) is 0 Å². The van der Waals surface area contributed by atoms with Crippen LogP contribution < -0.4 is 0 Å². The molecule has 0 aliphatic carbocycles. The second-order valence-corrected chi connectivity index (χ2v) is 8.06. The smallest absolute Gasteiger partial charge is 0.352 e. The van der Waals surface area contributed by atoms with Crippen LogP contribution in [0.25, 0.3) is 0 Å². The minimum Gasteiger partial charge on any atom is -0.462 e. The van der Waals surface area contributed by atoms with E-state index in [-0.39, 0.29) is 18.1 Å². The van der Waals surface area contributed by atoms with Crippen molar-refractivity contribution in [3.8, 4) is 0 Å². The summed E-state index contributed by atoms with van der Waals surface area (Å²) in [5.41, 5.74) is 0. The Morgan fingerprint density at radius 2 is 1.28 bits per heavy atom. The molecule has 130 valence electrons. The lowest BCUT2D eigenvalue weighted by Gasteiger charge is -2.24. The third kappa shape index (κ3) is 3.50. The quantitative estimate of drug-likeness (QED) is 0.390. The summed E-state index contributed by atoms with van der Waals surface area (Å²) >= 11 is 1.64. The van der Waals surface area contributed by atoms with Gasteiger partial charge in [0.05, 0.1) is 13.2 Å². The summed E-state index contributed by atoms with van der Waals surface area (Å²) in [6.07, 6.45) is 0. The summed E-state index contributed by atoms with van der Waals surface area (Å²) in [5.74, 6) is -1.22. The van der Waals surface area contributed by atoms with Crippen LogP contribution in [0.3, 0.4) is 0 Å². The average molecular weight is 374 g/mol. The lowest BCUT2D eigenvalue weighted by atomic mass is 10.3. The monoisotopic (exact) mass is 374 g/mol. The van der Waals surface area contributed by atoms with Gasteiger partial charge in [-0.25, -0.2) is 9.59 Å².